The minimum absolute atomic E-state index is 0.0542. The van der Waals surface area contributed by atoms with E-state index in [1.165, 1.54) is 4.88 Å². The van der Waals surface area contributed by atoms with Crippen LogP contribution in [-0.2, 0) is 17.8 Å². The fraction of sp³-hybridized carbons (Fsp3) is 0.696. The molecule has 0 aromatic carbocycles. The van der Waals surface area contributed by atoms with Crippen LogP contribution in [0.4, 0.5) is 13.9 Å². The molecule has 0 atom stereocenters. The third-order valence-corrected chi connectivity index (χ3v) is 8.15. The van der Waals surface area contributed by atoms with Gasteiger partial charge in [-0.25, -0.2) is 13.8 Å². The summed E-state index contributed by atoms with van der Waals surface area (Å²) in [5.74, 6) is -1.05. The second-order valence-electron chi connectivity index (χ2n) is 9.74. The lowest BCUT2D eigenvalue weighted by Gasteiger charge is -2.38. The number of amides is 1. The highest BCUT2D eigenvalue weighted by atomic mass is 32.1. The molecule has 2 aromatic rings. The predicted molar refractivity (Wildman–Crippen MR) is 123 cm³/mol. The normalized spacial score (nSPS) is 24.4. The van der Waals surface area contributed by atoms with Gasteiger partial charge in [0.05, 0.1) is 18.8 Å². The van der Waals surface area contributed by atoms with E-state index in [9.17, 15) is 13.6 Å². The Morgan fingerprint density at radius 1 is 1.32 bits per heavy atom. The van der Waals surface area contributed by atoms with Crippen molar-refractivity contribution in [3.05, 3.63) is 22.4 Å². The molecule has 5 rings (SSSR count). The van der Waals surface area contributed by atoms with E-state index in [0.29, 0.717) is 17.6 Å². The average molecular weight is 496 g/mol. The van der Waals surface area contributed by atoms with Gasteiger partial charge in [-0.2, -0.15) is 0 Å². The van der Waals surface area contributed by atoms with Crippen LogP contribution in [0, 0.1) is 12.8 Å². The number of nitrogens with one attached hydrogen (secondary N) is 1. The van der Waals surface area contributed by atoms with Gasteiger partial charge in [-0.15, -0.1) is 11.3 Å². The number of hydrogen-bond acceptors (Lipinski definition) is 8. The van der Waals surface area contributed by atoms with Gasteiger partial charge in [-0.1, -0.05) is 0 Å². The van der Waals surface area contributed by atoms with Crippen molar-refractivity contribution in [2.75, 3.05) is 37.7 Å². The van der Waals surface area contributed by atoms with Crippen LogP contribution >= 0.6 is 11.3 Å². The van der Waals surface area contributed by atoms with E-state index >= 15 is 0 Å². The number of fused-ring (bicyclic) bond motifs is 1. The number of carbonyl (C=O) groups is 1. The molecule has 0 bridgehead atoms. The molecule has 8 nitrogen and oxygen atoms in total. The third kappa shape index (κ3) is 5.68. The van der Waals surface area contributed by atoms with Gasteiger partial charge in [0.1, 0.15) is 5.76 Å². The Labute approximate surface area is 201 Å². The van der Waals surface area contributed by atoms with E-state index in [2.05, 4.69) is 20.4 Å². The maximum Gasteiger partial charge on any atom is 0.282 e. The molecule has 1 N–H and O–H groups in total. The topological polar surface area (TPSA) is 83.7 Å². The molecular weight excluding hydrogens is 464 g/mol. The van der Waals surface area contributed by atoms with Gasteiger partial charge >= 0.3 is 0 Å². The second kappa shape index (κ2) is 9.77. The van der Waals surface area contributed by atoms with Gasteiger partial charge in [0.25, 0.3) is 17.7 Å². The molecule has 0 spiro atoms. The van der Waals surface area contributed by atoms with Crippen LogP contribution in [0.15, 0.2) is 10.6 Å². The van der Waals surface area contributed by atoms with E-state index < -0.39 is 5.92 Å². The standard InChI is InChI=1S/C23H31F2N5O3S/c1-15-10-21(28-33-15)32-12-20(31)26-17-4-2-16(3-5-17)6-8-29-9-7-19-18(11-29)27-22(34-19)30-13-23(24,25)14-30/h10,16-17H,2-9,11-14H2,1H3,(H,26,31). The molecule has 34 heavy (non-hydrogen) atoms. The van der Waals surface area contributed by atoms with Crippen LogP contribution in [0.1, 0.15) is 48.4 Å². The molecule has 186 valence electrons. The summed E-state index contributed by atoms with van der Waals surface area (Å²) in [6, 6.07) is 1.86. The minimum Gasteiger partial charge on any atom is -0.465 e. The summed E-state index contributed by atoms with van der Waals surface area (Å²) >= 11 is 1.58. The highest BCUT2D eigenvalue weighted by Crippen LogP contribution is 2.37. The predicted octanol–water partition coefficient (Wildman–Crippen LogP) is 3.40. The van der Waals surface area contributed by atoms with Crippen molar-refractivity contribution in [1.82, 2.24) is 20.4 Å². The van der Waals surface area contributed by atoms with Crippen LogP contribution in [0.5, 0.6) is 5.88 Å². The van der Waals surface area contributed by atoms with Gasteiger partial charge in [-0.05, 0) is 63.1 Å². The monoisotopic (exact) mass is 495 g/mol. The van der Waals surface area contributed by atoms with Crippen LogP contribution in [0.3, 0.4) is 0 Å². The van der Waals surface area contributed by atoms with E-state index in [0.717, 1.165) is 69.0 Å². The zero-order valence-corrected chi connectivity index (χ0v) is 20.2. The summed E-state index contributed by atoms with van der Waals surface area (Å²) in [4.78, 5) is 22.2. The molecule has 1 saturated carbocycles. The molecule has 0 unspecified atom stereocenters. The molecule has 0 radical (unpaired) electrons. The summed E-state index contributed by atoms with van der Waals surface area (Å²) in [5, 5.41) is 7.54. The SMILES string of the molecule is Cc1cc(OCC(=O)NC2CCC(CCN3CCc4sc(N5CC(F)(F)C5)nc4C3)CC2)no1. The molecule has 3 aliphatic rings. The van der Waals surface area contributed by atoms with Gasteiger partial charge < -0.3 is 19.5 Å². The second-order valence-corrected chi connectivity index (χ2v) is 10.8. The van der Waals surface area contributed by atoms with Gasteiger partial charge in [0, 0.05) is 30.1 Å². The molecule has 2 aromatic heterocycles. The van der Waals surface area contributed by atoms with Crippen molar-refractivity contribution in [3.63, 3.8) is 0 Å². The Hall–Kier alpha value is -2.27. The molecule has 11 heteroatoms. The zero-order valence-electron chi connectivity index (χ0n) is 19.4. The highest BCUT2D eigenvalue weighted by Gasteiger charge is 2.45. The van der Waals surface area contributed by atoms with Crippen molar-refractivity contribution < 1.29 is 22.8 Å². The van der Waals surface area contributed by atoms with Crippen molar-refractivity contribution >= 4 is 22.4 Å². The lowest BCUT2D eigenvalue weighted by molar-refractivity contribution is -0.124. The number of aromatic nitrogens is 2. The first-order chi connectivity index (χ1) is 16.3. The lowest BCUT2D eigenvalue weighted by atomic mass is 9.84. The Morgan fingerprint density at radius 3 is 2.82 bits per heavy atom. The Morgan fingerprint density at radius 2 is 2.12 bits per heavy atom. The van der Waals surface area contributed by atoms with Crippen LogP contribution in [0.2, 0.25) is 0 Å². The van der Waals surface area contributed by atoms with E-state index in [1.54, 1.807) is 29.2 Å². The van der Waals surface area contributed by atoms with Gasteiger partial charge in [0.2, 0.25) is 0 Å². The minimum atomic E-state index is -2.56. The van der Waals surface area contributed by atoms with Crippen molar-refractivity contribution in [3.8, 4) is 5.88 Å². The highest BCUT2D eigenvalue weighted by molar-refractivity contribution is 7.15. The summed E-state index contributed by atoms with van der Waals surface area (Å²) in [6.45, 7) is 4.15. The zero-order chi connectivity index (χ0) is 23.7. The number of hydrogen-bond donors (Lipinski definition) is 1. The smallest absolute Gasteiger partial charge is 0.282 e. The third-order valence-electron chi connectivity index (χ3n) is 6.93. The number of ether oxygens (including phenoxy) is 1. The van der Waals surface area contributed by atoms with Crippen molar-refractivity contribution in [2.24, 2.45) is 5.92 Å². The van der Waals surface area contributed by atoms with Gasteiger partial charge in [-0.3, -0.25) is 9.69 Å². The van der Waals surface area contributed by atoms with Crippen LogP contribution in [-0.4, -0.2) is 65.7 Å². The maximum absolute atomic E-state index is 13.2. The fourth-order valence-corrected chi connectivity index (χ4v) is 6.05. The molecule has 2 fully saturated rings. The van der Waals surface area contributed by atoms with E-state index in [1.807, 2.05) is 0 Å². The number of halogens is 2. The molecule has 1 amide bonds. The maximum atomic E-state index is 13.2. The lowest BCUT2D eigenvalue weighted by Crippen LogP contribution is -2.56. The quantitative estimate of drug-likeness (QED) is 0.601. The first-order valence-corrected chi connectivity index (χ1v) is 12.8. The molecule has 1 aliphatic carbocycles. The number of rotatable bonds is 8. The Balaban J connectivity index is 0.994. The number of thiazole rings is 1. The van der Waals surface area contributed by atoms with Crippen LogP contribution in [0.25, 0.3) is 0 Å². The molecule has 1 saturated heterocycles. The van der Waals surface area contributed by atoms with Crippen LogP contribution < -0.4 is 15.0 Å². The first-order valence-electron chi connectivity index (χ1n) is 12.0. The van der Waals surface area contributed by atoms with Gasteiger partial charge in [0.15, 0.2) is 11.7 Å². The van der Waals surface area contributed by atoms with Crippen molar-refractivity contribution in [2.45, 2.75) is 64.0 Å². The number of aryl methyl sites for hydroxylation is 1. The Kier molecular flexibility index (Phi) is 6.74. The molecule has 4 heterocycles. The Bertz CT molecular complexity index is 997. The number of nitrogens with zero attached hydrogens (tertiary/aromatic N) is 4. The number of alkyl halides is 2. The van der Waals surface area contributed by atoms with E-state index in [-0.39, 0.29) is 31.6 Å². The summed E-state index contributed by atoms with van der Waals surface area (Å²) in [5.41, 5.74) is 1.07. The first kappa shape index (κ1) is 23.5. The summed E-state index contributed by atoms with van der Waals surface area (Å²) in [7, 11) is 0. The van der Waals surface area contributed by atoms with Crippen molar-refractivity contribution in [1.29, 1.82) is 0 Å². The number of carbonyl (C=O) groups excluding carboxylic acids is 1. The summed E-state index contributed by atoms with van der Waals surface area (Å²) in [6.07, 6.45) is 6.28. The van der Waals surface area contributed by atoms with E-state index in [4.69, 9.17) is 9.26 Å². The average Bonchev–Trinajstić information content (AvgIpc) is 3.41. The number of anilines is 1. The fourth-order valence-electron chi connectivity index (χ4n) is 4.99. The largest absolute Gasteiger partial charge is 0.465 e. The molecular formula is C23H31F2N5O3S. The summed E-state index contributed by atoms with van der Waals surface area (Å²) < 4.78 is 36.6. The molecule has 2 aliphatic heterocycles.